The number of unbranched alkanes of at least 4 members (excludes halogenated alkanes) is 4. The Balaban J connectivity index is 2.33. The average molecular weight is 372 g/mol. The van der Waals surface area contributed by atoms with Crippen LogP contribution in [0, 0.1) is 0 Å². The van der Waals surface area contributed by atoms with Crippen molar-refractivity contribution in [2.45, 2.75) is 69.7 Å². The number of halogens is 1. The highest BCUT2D eigenvalue weighted by molar-refractivity contribution is 9.10. The maximum absolute atomic E-state index is 3.71. The summed E-state index contributed by atoms with van der Waals surface area (Å²) in [7, 11) is 0. The molecule has 0 spiro atoms. The Morgan fingerprint density at radius 2 is 1.81 bits per heavy atom. The van der Waals surface area contributed by atoms with Crippen LogP contribution in [-0.2, 0) is 0 Å². The van der Waals surface area contributed by atoms with E-state index in [2.05, 4.69) is 59.4 Å². The first-order valence-corrected chi connectivity index (χ1v) is 10.2. The summed E-state index contributed by atoms with van der Waals surface area (Å²) in [6.45, 7) is 5.66. The fourth-order valence-electron chi connectivity index (χ4n) is 2.34. The topological polar surface area (TPSA) is 12.0 Å². The molecule has 120 valence electrons. The van der Waals surface area contributed by atoms with Crippen LogP contribution in [0.25, 0.3) is 0 Å². The molecule has 1 rings (SSSR count). The molecule has 0 aliphatic carbocycles. The molecule has 0 aliphatic heterocycles. The lowest BCUT2D eigenvalue weighted by atomic mass is 10.1. The molecule has 1 aromatic rings. The third kappa shape index (κ3) is 8.90. The van der Waals surface area contributed by atoms with Gasteiger partial charge in [-0.25, -0.2) is 0 Å². The first kappa shape index (κ1) is 19.1. The summed E-state index contributed by atoms with van der Waals surface area (Å²) in [5, 5.41) is 3.71. The number of hydrogen-bond donors (Lipinski definition) is 1. The van der Waals surface area contributed by atoms with Crippen molar-refractivity contribution < 1.29 is 0 Å². The average Bonchev–Trinajstić information content (AvgIpc) is 2.50. The van der Waals surface area contributed by atoms with Crippen LogP contribution in [-0.4, -0.2) is 18.3 Å². The number of thioether (sulfide) groups is 1. The zero-order valence-electron chi connectivity index (χ0n) is 13.5. The van der Waals surface area contributed by atoms with E-state index < -0.39 is 0 Å². The van der Waals surface area contributed by atoms with Gasteiger partial charge < -0.3 is 5.32 Å². The highest BCUT2D eigenvalue weighted by Gasteiger charge is 2.09. The molecule has 0 heterocycles. The van der Waals surface area contributed by atoms with Gasteiger partial charge in [0.2, 0.25) is 0 Å². The van der Waals surface area contributed by atoms with Crippen molar-refractivity contribution in [1.82, 2.24) is 5.32 Å². The largest absolute Gasteiger partial charge is 0.313 e. The van der Waals surface area contributed by atoms with Crippen LogP contribution < -0.4 is 5.32 Å². The molecule has 0 saturated carbocycles. The van der Waals surface area contributed by atoms with Crippen LogP contribution in [0.4, 0.5) is 0 Å². The van der Waals surface area contributed by atoms with Crippen LogP contribution in [0.1, 0.15) is 58.8 Å². The Morgan fingerprint density at radius 3 is 2.52 bits per heavy atom. The van der Waals surface area contributed by atoms with Crippen LogP contribution in [0.5, 0.6) is 0 Å². The zero-order valence-corrected chi connectivity index (χ0v) is 15.9. The Kier molecular flexibility index (Phi) is 11.4. The second kappa shape index (κ2) is 12.5. The van der Waals surface area contributed by atoms with Gasteiger partial charge in [0, 0.05) is 21.2 Å². The summed E-state index contributed by atoms with van der Waals surface area (Å²) in [5.41, 5.74) is 0. The molecule has 0 amide bonds. The van der Waals surface area contributed by atoms with Gasteiger partial charge in [-0.05, 0) is 47.4 Å². The van der Waals surface area contributed by atoms with E-state index in [0.717, 1.165) is 12.3 Å². The molecule has 0 fully saturated rings. The Bertz CT molecular complexity index is 370. The highest BCUT2D eigenvalue weighted by Crippen LogP contribution is 2.28. The second-order valence-electron chi connectivity index (χ2n) is 5.60. The Labute approximate surface area is 143 Å². The summed E-state index contributed by atoms with van der Waals surface area (Å²) in [6.07, 6.45) is 9.38. The summed E-state index contributed by atoms with van der Waals surface area (Å²) in [6, 6.07) is 9.17. The minimum atomic E-state index is 0.642. The van der Waals surface area contributed by atoms with E-state index in [1.807, 2.05) is 11.8 Å². The lowest BCUT2D eigenvalue weighted by Gasteiger charge is -2.18. The molecular weight excluding hydrogens is 342 g/mol. The zero-order chi connectivity index (χ0) is 15.3. The first-order chi connectivity index (χ1) is 10.3. The van der Waals surface area contributed by atoms with Crippen molar-refractivity contribution in [3.8, 4) is 0 Å². The normalized spacial score (nSPS) is 12.5. The Hall–Kier alpha value is 0.01000. The van der Waals surface area contributed by atoms with E-state index >= 15 is 0 Å². The van der Waals surface area contributed by atoms with E-state index in [1.165, 1.54) is 54.3 Å². The molecule has 3 heteroatoms. The predicted molar refractivity (Wildman–Crippen MR) is 100 cm³/mol. The van der Waals surface area contributed by atoms with Gasteiger partial charge in [0.25, 0.3) is 0 Å². The van der Waals surface area contributed by atoms with Crippen molar-refractivity contribution >= 4 is 27.7 Å². The van der Waals surface area contributed by atoms with Gasteiger partial charge >= 0.3 is 0 Å². The molecule has 0 aromatic heterocycles. The minimum absolute atomic E-state index is 0.642. The molecule has 0 radical (unpaired) electrons. The molecule has 1 atom stereocenters. The molecule has 1 nitrogen and oxygen atoms in total. The quantitative estimate of drug-likeness (QED) is 0.343. The maximum Gasteiger partial charge on any atom is 0.0311 e. The number of benzene rings is 1. The third-order valence-corrected chi connectivity index (χ3v) is 5.81. The van der Waals surface area contributed by atoms with Gasteiger partial charge in [-0.3, -0.25) is 0 Å². The van der Waals surface area contributed by atoms with Crippen molar-refractivity contribution in [3.63, 3.8) is 0 Å². The summed E-state index contributed by atoms with van der Waals surface area (Å²) in [4.78, 5) is 1.35. The fraction of sp³-hybridized carbons (Fsp3) is 0.667. The molecule has 0 saturated heterocycles. The highest BCUT2D eigenvalue weighted by atomic mass is 79.9. The molecule has 1 unspecified atom stereocenters. The van der Waals surface area contributed by atoms with E-state index in [9.17, 15) is 0 Å². The van der Waals surface area contributed by atoms with E-state index in [1.54, 1.807) is 0 Å². The molecular formula is C18H30BrNS. The monoisotopic (exact) mass is 371 g/mol. The summed E-state index contributed by atoms with van der Waals surface area (Å²) in [5.74, 6) is 1.16. The van der Waals surface area contributed by atoms with E-state index in [0.29, 0.717) is 6.04 Å². The van der Waals surface area contributed by atoms with Gasteiger partial charge in [0.1, 0.15) is 0 Å². The minimum Gasteiger partial charge on any atom is -0.313 e. The molecule has 21 heavy (non-hydrogen) atoms. The maximum atomic E-state index is 3.71. The van der Waals surface area contributed by atoms with Crippen LogP contribution in [0.3, 0.4) is 0 Å². The van der Waals surface area contributed by atoms with Crippen molar-refractivity contribution in [3.05, 3.63) is 28.7 Å². The number of nitrogens with one attached hydrogen (secondary N) is 1. The lowest BCUT2D eigenvalue weighted by Crippen LogP contribution is -2.32. The number of rotatable bonds is 12. The third-order valence-electron chi connectivity index (χ3n) is 3.62. The standard InChI is InChI=1S/C18H30BrNS/c1-3-5-6-7-8-11-16(20-14-4-2)15-21-18-13-10-9-12-17(18)19/h9-10,12-13,16,20H,3-8,11,14-15H2,1-2H3. The second-order valence-corrected chi connectivity index (χ2v) is 7.51. The predicted octanol–water partition coefficient (Wildman–Crippen LogP) is 6.27. The smallest absolute Gasteiger partial charge is 0.0311 e. The molecule has 1 N–H and O–H groups in total. The SMILES string of the molecule is CCCCCCCC(CSc1ccccc1Br)NCCC. The van der Waals surface area contributed by atoms with Crippen molar-refractivity contribution in [2.24, 2.45) is 0 Å². The van der Waals surface area contributed by atoms with Gasteiger partial charge in [0.05, 0.1) is 0 Å². The van der Waals surface area contributed by atoms with E-state index in [4.69, 9.17) is 0 Å². The van der Waals surface area contributed by atoms with Gasteiger partial charge in [-0.1, -0.05) is 58.1 Å². The van der Waals surface area contributed by atoms with Crippen LogP contribution >= 0.6 is 27.7 Å². The summed E-state index contributed by atoms with van der Waals surface area (Å²) >= 11 is 5.60. The van der Waals surface area contributed by atoms with Crippen LogP contribution in [0.2, 0.25) is 0 Å². The van der Waals surface area contributed by atoms with Gasteiger partial charge in [-0.15, -0.1) is 11.8 Å². The Morgan fingerprint density at radius 1 is 1.05 bits per heavy atom. The lowest BCUT2D eigenvalue weighted by molar-refractivity contribution is 0.485. The van der Waals surface area contributed by atoms with Crippen molar-refractivity contribution in [2.75, 3.05) is 12.3 Å². The molecule has 0 aliphatic rings. The summed E-state index contributed by atoms with van der Waals surface area (Å²) < 4.78 is 1.21. The molecule has 1 aromatic carbocycles. The van der Waals surface area contributed by atoms with Gasteiger partial charge in [0.15, 0.2) is 0 Å². The van der Waals surface area contributed by atoms with Crippen LogP contribution in [0.15, 0.2) is 33.6 Å². The number of hydrogen-bond acceptors (Lipinski definition) is 2. The van der Waals surface area contributed by atoms with Crippen molar-refractivity contribution in [1.29, 1.82) is 0 Å². The van der Waals surface area contributed by atoms with E-state index in [-0.39, 0.29) is 0 Å². The molecule has 0 bridgehead atoms. The fourth-order valence-corrected chi connectivity index (χ4v) is 4.01. The first-order valence-electron chi connectivity index (χ1n) is 8.38. The van der Waals surface area contributed by atoms with Gasteiger partial charge in [-0.2, -0.15) is 0 Å².